The molecule has 3 rings (SSSR count). The monoisotopic (exact) mass is 334 g/mol. The van der Waals surface area contributed by atoms with E-state index in [2.05, 4.69) is 23.8 Å². The molecule has 1 aromatic carbocycles. The molecule has 0 aromatic heterocycles. The van der Waals surface area contributed by atoms with Gasteiger partial charge in [0.05, 0.1) is 4.90 Å². The van der Waals surface area contributed by atoms with E-state index in [0.29, 0.717) is 5.71 Å². The zero-order valence-electron chi connectivity index (χ0n) is 13.9. The number of hydrazone groups is 1. The van der Waals surface area contributed by atoms with E-state index in [4.69, 9.17) is 0 Å². The molecule has 2 aliphatic carbocycles. The van der Waals surface area contributed by atoms with Crippen LogP contribution in [0.3, 0.4) is 0 Å². The van der Waals surface area contributed by atoms with Crippen molar-refractivity contribution in [2.45, 2.75) is 45.4 Å². The van der Waals surface area contributed by atoms with Gasteiger partial charge >= 0.3 is 0 Å². The lowest BCUT2D eigenvalue weighted by atomic mass is 9.70. The van der Waals surface area contributed by atoms with Gasteiger partial charge in [-0.15, -0.1) is 0 Å². The van der Waals surface area contributed by atoms with Gasteiger partial charge in [-0.3, -0.25) is 4.79 Å². The van der Waals surface area contributed by atoms with Gasteiger partial charge < -0.3 is 0 Å². The van der Waals surface area contributed by atoms with Crippen molar-refractivity contribution in [3.8, 4) is 0 Å². The quantitative estimate of drug-likeness (QED) is 0.864. The van der Waals surface area contributed by atoms with Gasteiger partial charge in [-0.1, -0.05) is 38.5 Å². The lowest BCUT2D eigenvalue weighted by Gasteiger charge is -2.31. The van der Waals surface area contributed by atoms with Crippen molar-refractivity contribution < 1.29 is 13.2 Å². The molecule has 2 fully saturated rings. The van der Waals surface area contributed by atoms with Crippen LogP contribution in [-0.4, -0.2) is 19.9 Å². The first-order valence-corrected chi connectivity index (χ1v) is 9.29. The van der Waals surface area contributed by atoms with E-state index in [1.165, 1.54) is 12.1 Å². The Morgan fingerprint density at radius 2 is 1.78 bits per heavy atom. The average molecular weight is 334 g/mol. The number of carbonyl (C=O) groups is 1. The van der Waals surface area contributed by atoms with Crippen molar-refractivity contribution in [2.24, 2.45) is 21.8 Å². The summed E-state index contributed by atoms with van der Waals surface area (Å²) >= 11 is 0. The standard InChI is InChI=1S/C17H22N2O3S/c1-11-5-7-12(8-6-11)23(21,22)19-18-14-13-9-10-17(4,15(14)20)16(13,2)3/h5-8,13,19H,9-10H2,1-4H3/b18-14+/t13-,17+/m0/s1. The lowest BCUT2D eigenvalue weighted by Crippen LogP contribution is -2.34. The first kappa shape index (κ1) is 16.2. The van der Waals surface area contributed by atoms with Crippen molar-refractivity contribution in [1.29, 1.82) is 0 Å². The maximum absolute atomic E-state index is 12.6. The number of Topliss-reactive ketones (excluding diaryl/α,β-unsaturated/α-hetero) is 1. The van der Waals surface area contributed by atoms with Gasteiger partial charge in [-0.25, -0.2) is 0 Å². The van der Waals surface area contributed by atoms with Crippen molar-refractivity contribution in [3.63, 3.8) is 0 Å². The molecule has 124 valence electrons. The number of fused-ring (bicyclic) bond motifs is 2. The van der Waals surface area contributed by atoms with E-state index in [0.717, 1.165) is 18.4 Å². The van der Waals surface area contributed by atoms with Gasteiger partial charge in [0.2, 0.25) is 0 Å². The first-order chi connectivity index (χ1) is 10.6. The number of nitrogens with one attached hydrogen (secondary N) is 1. The predicted octanol–water partition coefficient (Wildman–Crippen LogP) is 2.65. The van der Waals surface area contributed by atoms with E-state index in [-0.39, 0.29) is 22.0 Å². The van der Waals surface area contributed by atoms with E-state index in [1.807, 2.05) is 13.8 Å². The molecule has 2 atom stereocenters. The highest BCUT2D eigenvalue weighted by molar-refractivity contribution is 7.89. The Bertz CT molecular complexity index is 794. The number of nitrogens with zero attached hydrogens (tertiary/aromatic N) is 1. The summed E-state index contributed by atoms with van der Waals surface area (Å²) < 4.78 is 24.6. The minimum atomic E-state index is -3.75. The topological polar surface area (TPSA) is 75.6 Å². The zero-order valence-corrected chi connectivity index (χ0v) is 14.7. The maximum atomic E-state index is 12.6. The van der Waals surface area contributed by atoms with Gasteiger partial charge in [0, 0.05) is 11.3 Å². The Labute approximate surface area is 137 Å². The number of rotatable bonds is 3. The Morgan fingerprint density at radius 3 is 2.30 bits per heavy atom. The molecule has 0 radical (unpaired) electrons. The Kier molecular flexibility index (Phi) is 3.45. The fourth-order valence-electron chi connectivity index (χ4n) is 3.83. The highest BCUT2D eigenvalue weighted by Crippen LogP contribution is 2.62. The Hall–Kier alpha value is -1.69. The highest BCUT2D eigenvalue weighted by Gasteiger charge is 2.65. The van der Waals surface area contributed by atoms with Crippen LogP contribution in [0.1, 0.15) is 39.2 Å². The Balaban J connectivity index is 1.89. The molecule has 0 aliphatic heterocycles. The van der Waals surface area contributed by atoms with Gasteiger partial charge in [0.15, 0.2) is 5.78 Å². The van der Waals surface area contributed by atoms with Crippen molar-refractivity contribution in [3.05, 3.63) is 29.8 Å². The van der Waals surface area contributed by atoms with Crippen LogP contribution in [0.5, 0.6) is 0 Å². The maximum Gasteiger partial charge on any atom is 0.276 e. The molecule has 5 nitrogen and oxygen atoms in total. The first-order valence-electron chi connectivity index (χ1n) is 7.80. The smallest absolute Gasteiger partial charge is 0.276 e. The van der Waals surface area contributed by atoms with Crippen LogP contribution in [0.2, 0.25) is 0 Å². The van der Waals surface area contributed by atoms with Gasteiger partial charge in [-0.05, 0) is 37.3 Å². The van der Waals surface area contributed by atoms with Gasteiger partial charge in [-0.2, -0.15) is 18.4 Å². The molecular formula is C17H22N2O3S. The summed E-state index contributed by atoms with van der Waals surface area (Å²) in [4.78, 5) is 15.0. The summed E-state index contributed by atoms with van der Waals surface area (Å²) in [6.45, 7) is 7.99. The van der Waals surface area contributed by atoms with Crippen LogP contribution in [0.25, 0.3) is 0 Å². The summed E-state index contributed by atoms with van der Waals surface area (Å²) in [5.74, 6) is -0.00826. The van der Waals surface area contributed by atoms with Crippen molar-refractivity contribution in [1.82, 2.24) is 4.83 Å². The van der Waals surface area contributed by atoms with Crippen LogP contribution in [0.15, 0.2) is 34.3 Å². The molecular weight excluding hydrogens is 312 g/mol. The minimum Gasteiger partial charge on any atom is -0.292 e. The van der Waals surface area contributed by atoms with Crippen molar-refractivity contribution >= 4 is 21.5 Å². The molecule has 1 aromatic rings. The molecule has 6 heteroatoms. The molecule has 0 spiro atoms. The summed E-state index contributed by atoms with van der Waals surface area (Å²) in [6, 6.07) is 6.53. The second-order valence-electron chi connectivity index (χ2n) is 7.38. The number of carbonyl (C=O) groups excluding carboxylic acids is 1. The molecule has 2 bridgehead atoms. The van der Waals surface area contributed by atoms with Crippen molar-refractivity contribution in [2.75, 3.05) is 0 Å². The molecule has 0 heterocycles. The number of ketones is 1. The van der Waals surface area contributed by atoms with Crippen LogP contribution >= 0.6 is 0 Å². The molecule has 2 aliphatic rings. The second kappa shape index (κ2) is 4.90. The fourth-order valence-corrected chi connectivity index (χ4v) is 4.65. The normalized spacial score (nSPS) is 30.9. The average Bonchev–Trinajstić information content (AvgIpc) is 2.78. The van der Waals surface area contributed by atoms with Crippen LogP contribution in [-0.2, 0) is 14.8 Å². The highest BCUT2D eigenvalue weighted by atomic mass is 32.2. The van der Waals surface area contributed by atoms with Gasteiger partial charge in [0.25, 0.3) is 10.0 Å². The number of sulfonamides is 1. The largest absolute Gasteiger partial charge is 0.292 e. The Morgan fingerprint density at radius 1 is 1.17 bits per heavy atom. The third-order valence-corrected chi connectivity index (χ3v) is 7.13. The number of hydrogen-bond acceptors (Lipinski definition) is 4. The fraction of sp³-hybridized carbons (Fsp3) is 0.529. The van der Waals surface area contributed by atoms with Crippen LogP contribution in [0.4, 0.5) is 0 Å². The third kappa shape index (κ3) is 2.23. The number of aryl methyl sites for hydroxylation is 1. The molecule has 1 N–H and O–H groups in total. The summed E-state index contributed by atoms with van der Waals surface area (Å²) in [5, 5.41) is 4.03. The number of benzene rings is 1. The van der Waals surface area contributed by atoms with Gasteiger partial charge in [0.1, 0.15) is 5.71 Å². The molecule has 23 heavy (non-hydrogen) atoms. The van der Waals surface area contributed by atoms with E-state index < -0.39 is 15.4 Å². The van der Waals surface area contributed by atoms with E-state index in [9.17, 15) is 13.2 Å². The zero-order chi connectivity index (χ0) is 17.0. The summed E-state index contributed by atoms with van der Waals surface area (Å²) in [5.41, 5.74) is 0.733. The van der Waals surface area contributed by atoms with E-state index >= 15 is 0 Å². The molecule has 0 saturated heterocycles. The summed E-state index contributed by atoms with van der Waals surface area (Å²) in [7, 11) is -3.75. The molecule has 0 unspecified atom stereocenters. The predicted molar refractivity (Wildman–Crippen MR) is 88.6 cm³/mol. The van der Waals surface area contributed by atoms with Crippen LogP contribution < -0.4 is 4.83 Å². The molecule has 2 saturated carbocycles. The van der Waals surface area contributed by atoms with Crippen LogP contribution in [0, 0.1) is 23.7 Å². The number of hydrogen-bond donors (Lipinski definition) is 1. The minimum absolute atomic E-state index is 0.0146. The summed E-state index contributed by atoms with van der Waals surface area (Å²) in [6.07, 6.45) is 1.72. The SMILES string of the molecule is Cc1ccc(S(=O)(=O)N/N=C2/C(=O)[C@@]3(C)CC[C@@H]2C3(C)C)cc1. The molecule has 0 amide bonds. The van der Waals surface area contributed by atoms with E-state index in [1.54, 1.807) is 12.1 Å². The lowest BCUT2D eigenvalue weighted by molar-refractivity contribution is -0.123. The second-order valence-corrected chi connectivity index (χ2v) is 9.04. The third-order valence-electron chi connectivity index (χ3n) is 5.91.